The second kappa shape index (κ2) is 7.98. The number of aromatic nitrogens is 3. The summed E-state index contributed by atoms with van der Waals surface area (Å²) in [5.74, 6) is 0.115. The zero-order valence-electron chi connectivity index (χ0n) is 16.6. The summed E-state index contributed by atoms with van der Waals surface area (Å²) in [5, 5.41) is 22.7. The highest BCUT2D eigenvalue weighted by Crippen LogP contribution is 2.36. The van der Waals surface area contributed by atoms with Crippen LogP contribution in [0.25, 0.3) is 16.7 Å². The van der Waals surface area contributed by atoms with Crippen molar-refractivity contribution in [2.45, 2.75) is 39.0 Å². The lowest BCUT2D eigenvalue weighted by Crippen LogP contribution is -2.29. The van der Waals surface area contributed by atoms with E-state index in [9.17, 15) is 9.90 Å². The number of phenolic OH excluding ortho intramolecular Hbond substituents is 1. The highest BCUT2D eigenvalue weighted by Gasteiger charge is 2.23. The largest absolute Gasteiger partial charge is 0.505 e. The fourth-order valence-corrected chi connectivity index (χ4v) is 3.07. The summed E-state index contributed by atoms with van der Waals surface area (Å²) in [6, 6.07) is 11.4. The molecule has 1 amide bonds. The molecule has 0 unspecified atom stereocenters. The topological polar surface area (TPSA) is 106 Å². The molecule has 0 atom stereocenters. The summed E-state index contributed by atoms with van der Waals surface area (Å²) >= 11 is 0. The number of nitrogens with zero attached hydrogens (tertiary/aromatic N) is 3. The number of amides is 1. The predicted molar refractivity (Wildman–Crippen MR) is 110 cm³/mol. The molecule has 0 saturated carbocycles. The summed E-state index contributed by atoms with van der Waals surface area (Å²) in [4.78, 5) is 13.4. The van der Waals surface area contributed by atoms with Crippen LogP contribution in [0.2, 0.25) is 0 Å². The van der Waals surface area contributed by atoms with Crippen LogP contribution >= 0.6 is 0 Å². The molecule has 0 radical (unpaired) electrons. The molecule has 0 fully saturated rings. The first-order valence-electron chi connectivity index (χ1n) is 9.45. The van der Waals surface area contributed by atoms with E-state index < -0.39 is 0 Å². The number of aryl methyl sites for hydroxylation is 1. The second-order valence-electron chi connectivity index (χ2n) is 7.88. The van der Waals surface area contributed by atoms with Gasteiger partial charge in [-0.3, -0.25) is 4.79 Å². The molecule has 4 N–H and O–H groups in total. The molecule has 0 bridgehead atoms. The predicted octanol–water partition coefficient (Wildman–Crippen LogP) is 2.43. The molecule has 0 aliphatic rings. The quantitative estimate of drug-likeness (QED) is 0.608. The number of hydrogen-bond acceptors (Lipinski definition) is 5. The van der Waals surface area contributed by atoms with Crippen molar-refractivity contribution in [3.8, 4) is 11.4 Å². The van der Waals surface area contributed by atoms with E-state index in [0.717, 1.165) is 22.2 Å². The monoisotopic (exact) mass is 381 g/mol. The molecule has 1 aromatic heterocycles. The Kier molecular flexibility index (Phi) is 5.65. The van der Waals surface area contributed by atoms with Crippen LogP contribution in [0.3, 0.4) is 0 Å². The van der Waals surface area contributed by atoms with Gasteiger partial charge >= 0.3 is 0 Å². The van der Waals surface area contributed by atoms with Gasteiger partial charge in [-0.25, -0.2) is 0 Å². The van der Waals surface area contributed by atoms with Crippen molar-refractivity contribution in [2.75, 3.05) is 13.1 Å². The van der Waals surface area contributed by atoms with Gasteiger partial charge in [0.05, 0.1) is 0 Å². The van der Waals surface area contributed by atoms with Gasteiger partial charge < -0.3 is 16.2 Å². The molecule has 7 heteroatoms. The Bertz CT molecular complexity index is 955. The number of aromatic hydroxyl groups is 1. The second-order valence-corrected chi connectivity index (χ2v) is 7.88. The summed E-state index contributed by atoms with van der Waals surface area (Å²) in [5.41, 5.74) is 8.92. The van der Waals surface area contributed by atoms with Crippen molar-refractivity contribution < 1.29 is 9.90 Å². The number of benzene rings is 2. The van der Waals surface area contributed by atoms with E-state index in [1.807, 2.05) is 57.2 Å². The normalized spacial score (nSPS) is 11.7. The third kappa shape index (κ3) is 4.31. The number of fused-ring (bicyclic) bond motifs is 1. The molecule has 3 aromatic rings. The number of carbonyl (C=O) groups excluding carboxylic acids is 1. The molecule has 3 rings (SSSR count). The number of nitrogens with one attached hydrogen (secondary N) is 1. The molecule has 148 valence electrons. The van der Waals surface area contributed by atoms with Crippen LogP contribution in [-0.2, 0) is 16.6 Å². The molecular formula is C21H27N5O2. The highest BCUT2D eigenvalue weighted by atomic mass is 16.3. The smallest absolute Gasteiger partial charge is 0.220 e. The SMILES string of the molecule is CC(C)(C)c1cc(CCC(=O)NCCN)cc(-n2nc3ccccc3n2)c1O. The Hall–Kier alpha value is -2.93. The van der Waals surface area contributed by atoms with Crippen molar-refractivity contribution in [1.82, 2.24) is 20.3 Å². The number of carbonyl (C=O) groups is 1. The minimum atomic E-state index is -0.275. The highest BCUT2D eigenvalue weighted by molar-refractivity contribution is 5.76. The average molecular weight is 381 g/mol. The van der Waals surface area contributed by atoms with Crippen molar-refractivity contribution in [2.24, 2.45) is 5.73 Å². The Morgan fingerprint density at radius 3 is 2.39 bits per heavy atom. The molecule has 7 nitrogen and oxygen atoms in total. The summed E-state index contributed by atoms with van der Waals surface area (Å²) in [7, 11) is 0. The molecule has 2 aromatic carbocycles. The van der Waals surface area contributed by atoms with Crippen LogP contribution in [0.4, 0.5) is 0 Å². The molecule has 0 saturated heterocycles. The Balaban J connectivity index is 1.99. The maximum absolute atomic E-state index is 12.0. The molecule has 0 spiro atoms. The first-order valence-corrected chi connectivity index (χ1v) is 9.45. The van der Waals surface area contributed by atoms with E-state index in [-0.39, 0.29) is 17.1 Å². The molecular weight excluding hydrogens is 354 g/mol. The lowest BCUT2D eigenvalue weighted by Gasteiger charge is -2.23. The van der Waals surface area contributed by atoms with Gasteiger partial charge in [0, 0.05) is 25.1 Å². The van der Waals surface area contributed by atoms with Gasteiger partial charge in [0.15, 0.2) is 0 Å². The maximum Gasteiger partial charge on any atom is 0.220 e. The van der Waals surface area contributed by atoms with E-state index >= 15 is 0 Å². The van der Waals surface area contributed by atoms with E-state index in [1.54, 1.807) is 0 Å². The number of hydrogen-bond donors (Lipinski definition) is 3. The van der Waals surface area contributed by atoms with Gasteiger partial charge in [0.2, 0.25) is 5.91 Å². The van der Waals surface area contributed by atoms with E-state index in [0.29, 0.717) is 31.6 Å². The summed E-state index contributed by atoms with van der Waals surface area (Å²) < 4.78 is 0. The van der Waals surface area contributed by atoms with Gasteiger partial charge in [-0.2, -0.15) is 0 Å². The van der Waals surface area contributed by atoms with Gasteiger partial charge in [-0.15, -0.1) is 15.0 Å². The van der Waals surface area contributed by atoms with Crippen LogP contribution in [0.1, 0.15) is 38.3 Å². The molecule has 1 heterocycles. The Morgan fingerprint density at radius 2 is 1.82 bits per heavy atom. The van der Waals surface area contributed by atoms with Crippen LogP contribution in [0.5, 0.6) is 5.75 Å². The van der Waals surface area contributed by atoms with Gasteiger partial charge in [-0.1, -0.05) is 39.0 Å². The first kappa shape index (κ1) is 19.8. The molecule has 0 aliphatic heterocycles. The zero-order valence-corrected chi connectivity index (χ0v) is 16.6. The van der Waals surface area contributed by atoms with Crippen LogP contribution in [0, 0.1) is 0 Å². The average Bonchev–Trinajstić information content (AvgIpc) is 3.08. The minimum Gasteiger partial charge on any atom is -0.505 e. The van der Waals surface area contributed by atoms with Crippen molar-refractivity contribution in [3.05, 3.63) is 47.5 Å². The number of nitrogens with two attached hydrogens (primary N) is 1. The number of rotatable bonds is 6. The third-order valence-electron chi connectivity index (χ3n) is 4.57. The maximum atomic E-state index is 12.0. The number of phenols is 1. The van der Waals surface area contributed by atoms with Gasteiger partial charge in [-0.05, 0) is 35.6 Å². The van der Waals surface area contributed by atoms with Crippen LogP contribution < -0.4 is 11.1 Å². The van der Waals surface area contributed by atoms with Crippen LogP contribution in [0.15, 0.2) is 36.4 Å². The van der Waals surface area contributed by atoms with E-state index in [1.165, 1.54) is 4.80 Å². The molecule has 0 aliphatic carbocycles. The summed E-state index contributed by atoms with van der Waals surface area (Å²) in [6.45, 7) is 7.00. The fraction of sp³-hybridized carbons (Fsp3) is 0.381. The first-order chi connectivity index (χ1) is 13.3. The summed E-state index contributed by atoms with van der Waals surface area (Å²) in [6.07, 6.45) is 0.899. The Labute approximate surface area is 164 Å². The fourth-order valence-electron chi connectivity index (χ4n) is 3.07. The lowest BCUT2D eigenvalue weighted by atomic mass is 9.84. The lowest BCUT2D eigenvalue weighted by molar-refractivity contribution is -0.120. The van der Waals surface area contributed by atoms with E-state index in [4.69, 9.17) is 5.73 Å². The zero-order chi connectivity index (χ0) is 20.3. The molecule has 28 heavy (non-hydrogen) atoms. The van der Waals surface area contributed by atoms with Crippen LogP contribution in [-0.4, -0.2) is 39.1 Å². The minimum absolute atomic E-state index is 0.0414. The van der Waals surface area contributed by atoms with E-state index in [2.05, 4.69) is 15.5 Å². The van der Waals surface area contributed by atoms with Gasteiger partial charge in [0.1, 0.15) is 22.5 Å². The Morgan fingerprint density at radius 1 is 1.18 bits per heavy atom. The standard InChI is InChI=1S/C21H27N5O2/c1-21(2,3)15-12-14(8-9-19(27)23-11-10-22)13-18(20(15)28)26-24-16-6-4-5-7-17(16)25-26/h4-7,12-13,28H,8-11,22H2,1-3H3,(H,23,27). The van der Waals surface area contributed by atoms with Crippen molar-refractivity contribution >= 4 is 16.9 Å². The van der Waals surface area contributed by atoms with Crippen molar-refractivity contribution in [3.63, 3.8) is 0 Å². The van der Waals surface area contributed by atoms with Crippen molar-refractivity contribution in [1.29, 1.82) is 0 Å². The van der Waals surface area contributed by atoms with Gasteiger partial charge in [0.25, 0.3) is 0 Å². The third-order valence-corrected chi connectivity index (χ3v) is 4.57.